The Balaban J connectivity index is 2.38. The largest absolute Gasteiger partial charge is 0.339 e. The second-order valence-corrected chi connectivity index (χ2v) is 6.11. The van der Waals surface area contributed by atoms with Crippen molar-refractivity contribution in [2.24, 2.45) is 5.73 Å². The SMILES string of the molecule is CC(CN)S(=O)CC(=O)N1CCN(C)CC1. The van der Waals surface area contributed by atoms with Crippen LogP contribution in [0.2, 0.25) is 0 Å². The van der Waals surface area contributed by atoms with E-state index in [0.717, 1.165) is 26.2 Å². The summed E-state index contributed by atoms with van der Waals surface area (Å²) in [6.07, 6.45) is 0. The Hall–Kier alpha value is -0.460. The molecule has 1 rings (SSSR count). The summed E-state index contributed by atoms with van der Waals surface area (Å²) in [5.41, 5.74) is 5.42. The number of piperazine rings is 1. The van der Waals surface area contributed by atoms with Crippen LogP contribution in [-0.4, -0.2) is 70.7 Å². The Morgan fingerprint density at radius 2 is 1.94 bits per heavy atom. The van der Waals surface area contributed by atoms with Crippen LogP contribution in [0.3, 0.4) is 0 Å². The van der Waals surface area contributed by atoms with Crippen molar-refractivity contribution in [3.63, 3.8) is 0 Å². The Bertz CT molecular complexity index is 265. The van der Waals surface area contributed by atoms with Gasteiger partial charge in [0.15, 0.2) is 0 Å². The van der Waals surface area contributed by atoms with Gasteiger partial charge in [0.1, 0.15) is 5.75 Å². The Morgan fingerprint density at radius 1 is 1.38 bits per heavy atom. The fourth-order valence-electron chi connectivity index (χ4n) is 1.52. The predicted octanol–water partition coefficient (Wildman–Crippen LogP) is -1.14. The zero-order valence-corrected chi connectivity index (χ0v) is 10.8. The lowest BCUT2D eigenvalue weighted by atomic mass is 10.3. The van der Waals surface area contributed by atoms with Crippen LogP contribution < -0.4 is 5.73 Å². The van der Waals surface area contributed by atoms with E-state index in [4.69, 9.17) is 5.73 Å². The summed E-state index contributed by atoms with van der Waals surface area (Å²) in [6, 6.07) is 0. The molecule has 1 amide bonds. The third-order valence-corrected chi connectivity index (χ3v) is 4.52. The average molecular weight is 247 g/mol. The lowest BCUT2D eigenvalue weighted by molar-refractivity contribution is -0.129. The van der Waals surface area contributed by atoms with Gasteiger partial charge in [-0.2, -0.15) is 0 Å². The van der Waals surface area contributed by atoms with Crippen LogP contribution in [0.5, 0.6) is 0 Å². The van der Waals surface area contributed by atoms with Gasteiger partial charge in [0.05, 0.1) is 0 Å². The monoisotopic (exact) mass is 247 g/mol. The minimum absolute atomic E-state index is 0.00765. The molecule has 6 heteroatoms. The molecule has 94 valence electrons. The summed E-state index contributed by atoms with van der Waals surface area (Å²) < 4.78 is 11.7. The van der Waals surface area contributed by atoms with E-state index in [1.54, 1.807) is 4.90 Å². The Kier molecular flexibility index (Phi) is 5.37. The molecule has 2 N–H and O–H groups in total. The molecule has 2 atom stereocenters. The standard InChI is InChI=1S/C10H21N3O2S/c1-9(7-11)16(15)8-10(14)13-5-3-12(2)4-6-13/h9H,3-8,11H2,1-2H3. The predicted molar refractivity (Wildman–Crippen MR) is 65.6 cm³/mol. The zero-order valence-electron chi connectivity index (χ0n) is 10.0. The van der Waals surface area contributed by atoms with Crippen molar-refractivity contribution in [2.45, 2.75) is 12.2 Å². The summed E-state index contributed by atoms with van der Waals surface area (Å²) >= 11 is 0. The Labute approximate surface area is 99.4 Å². The number of rotatable bonds is 4. The smallest absolute Gasteiger partial charge is 0.235 e. The zero-order chi connectivity index (χ0) is 12.1. The van der Waals surface area contributed by atoms with Gasteiger partial charge in [0, 0.05) is 48.8 Å². The molecule has 16 heavy (non-hydrogen) atoms. The molecule has 1 aliphatic heterocycles. The molecule has 0 aromatic rings. The first-order chi connectivity index (χ1) is 7.54. The average Bonchev–Trinajstić information content (AvgIpc) is 2.28. The molecule has 1 heterocycles. The van der Waals surface area contributed by atoms with Crippen LogP contribution in [0.4, 0.5) is 0 Å². The van der Waals surface area contributed by atoms with Gasteiger partial charge in [-0.3, -0.25) is 9.00 Å². The van der Waals surface area contributed by atoms with Gasteiger partial charge < -0.3 is 15.5 Å². The highest BCUT2D eigenvalue weighted by molar-refractivity contribution is 7.86. The first kappa shape index (κ1) is 13.6. The minimum Gasteiger partial charge on any atom is -0.339 e. The van der Waals surface area contributed by atoms with Crippen LogP contribution >= 0.6 is 0 Å². The number of hydrogen-bond acceptors (Lipinski definition) is 4. The molecule has 0 saturated carbocycles. The van der Waals surface area contributed by atoms with E-state index >= 15 is 0 Å². The summed E-state index contributed by atoms with van der Waals surface area (Å²) in [4.78, 5) is 15.8. The third kappa shape index (κ3) is 3.84. The number of amides is 1. The van der Waals surface area contributed by atoms with E-state index in [2.05, 4.69) is 4.90 Å². The van der Waals surface area contributed by atoms with Crippen LogP contribution in [0.25, 0.3) is 0 Å². The molecule has 0 spiro atoms. The van der Waals surface area contributed by atoms with E-state index < -0.39 is 10.8 Å². The fourth-order valence-corrected chi connectivity index (χ4v) is 2.44. The van der Waals surface area contributed by atoms with Crippen molar-refractivity contribution in [3.05, 3.63) is 0 Å². The van der Waals surface area contributed by atoms with Crippen molar-refractivity contribution in [3.8, 4) is 0 Å². The summed E-state index contributed by atoms with van der Waals surface area (Å²) in [5, 5.41) is -0.101. The van der Waals surface area contributed by atoms with E-state index in [-0.39, 0.29) is 16.9 Å². The Morgan fingerprint density at radius 3 is 2.44 bits per heavy atom. The summed E-state index contributed by atoms with van der Waals surface area (Å²) in [6.45, 7) is 5.44. The van der Waals surface area contributed by atoms with Crippen molar-refractivity contribution >= 4 is 16.7 Å². The molecule has 0 bridgehead atoms. The van der Waals surface area contributed by atoms with E-state index in [0.29, 0.717) is 6.54 Å². The maximum Gasteiger partial charge on any atom is 0.235 e. The minimum atomic E-state index is -1.14. The second-order valence-electron chi connectivity index (χ2n) is 4.26. The van der Waals surface area contributed by atoms with Gasteiger partial charge in [-0.25, -0.2) is 0 Å². The lowest BCUT2D eigenvalue weighted by Gasteiger charge is -2.32. The second kappa shape index (κ2) is 6.32. The van der Waals surface area contributed by atoms with Crippen molar-refractivity contribution < 1.29 is 9.00 Å². The molecule has 0 aliphatic carbocycles. The molecule has 0 radical (unpaired) electrons. The van der Waals surface area contributed by atoms with Crippen LogP contribution in [0.15, 0.2) is 0 Å². The lowest BCUT2D eigenvalue weighted by Crippen LogP contribution is -2.48. The quantitative estimate of drug-likeness (QED) is 0.682. The van der Waals surface area contributed by atoms with Gasteiger partial charge in [-0.05, 0) is 14.0 Å². The topological polar surface area (TPSA) is 66.6 Å². The number of nitrogens with zero attached hydrogens (tertiary/aromatic N) is 2. The highest BCUT2D eigenvalue weighted by Crippen LogP contribution is 2.02. The molecule has 0 aromatic carbocycles. The molecule has 0 aromatic heterocycles. The molecule has 1 aliphatic rings. The van der Waals surface area contributed by atoms with E-state index in [9.17, 15) is 9.00 Å². The molecular weight excluding hydrogens is 226 g/mol. The molecule has 2 unspecified atom stereocenters. The van der Waals surface area contributed by atoms with Gasteiger partial charge in [0.2, 0.25) is 5.91 Å². The van der Waals surface area contributed by atoms with Gasteiger partial charge in [-0.15, -0.1) is 0 Å². The fraction of sp³-hybridized carbons (Fsp3) is 0.900. The molecule has 1 saturated heterocycles. The van der Waals surface area contributed by atoms with Gasteiger partial charge in [-0.1, -0.05) is 0 Å². The van der Waals surface area contributed by atoms with Gasteiger partial charge in [0.25, 0.3) is 0 Å². The van der Waals surface area contributed by atoms with E-state index in [1.165, 1.54) is 0 Å². The number of carbonyl (C=O) groups excluding carboxylic acids is 1. The maximum absolute atomic E-state index is 11.8. The molecular formula is C10H21N3O2S. The van der Waals surface area contributed by atoms with Crippen LogP contribution in [0.1, 0.15) is 6.92 Å². The first-order valence-corrected chi connectivity index (χ1v) is 6.96. The van der Waals surface area contributed by atoms with Crippen molar-refractivity contribution in [2.75, 3.05) is 45.5 Å². The van der Waals surface area contributed by atoms with Crippen molar-refractivity contribution in [1.29, 1.82) is 0 Å². The van der Waals surface area contributed by atoms with E-state index in [1.807, 2.05) is 14.0 Å². The molecule has 1 fully saturated rings. The molecule has 5 nitrogen and oxygen atoms in total. The number of nitrogens with two attached hydrogens (primary N) is 1. The highest BCUT2D eigenvalue weighted by Gasteiger charge is 2.22. The maximum atomic E-state index is 11.8. The highest BCUT2D eigenvalue weighted by atomic mass is 32.2. The number of likely N-dealkylation sites (N-methyl/N-ethyl adjacent to an activating group) is 1. The van der Waals surface area contributed by atoms with Gasteiger partial charge >= 0.3 is 0 Å². The number of carbonyl (C=O) groups is 1. The van der Waals surface area contributed by atoms with Crippen LogP contribution in [0, 0.1) is 0 Å². The normalized spacial score (nSPS) is 21.8. The van der Waals surface area contributed by atoms with Crippen molar-refractivity contribution in [1.82, 2.24) is 9.80 Å². The van der Waals surface area contributed by atoms with Crippen LogP contribution in [-0.2, 0) is 15.6 Å². The third-order valence-electron chi connectivity index (χ3n) is 2.90. The first-order valence-electron chi connectivity index (χ1n) is 5.58. The summed E-state index contributed by atoms with van der Waals surface area (Å²) in [5.74, 6) is 0.106. The summed E-state index contributed by atoms with van der Waals surface area (Å²) in [7, 11) is 0.903. The number of hydrogen-bond donors (Lipinski definition) is 1.